The molecule has 0 saturated heterocycles. The van der Waals surface area contributed by atoms with Gasteiger partial charge in [-0.05, 0) is 37.0 Å². The third-order valence-electron chi connectivity index (χ3n) is 4.23. The second-order valence-corrected chi connectivity index (χ2v) is 6.27. The fourth-order valence-electron chi connectivity index (χ4n) is 2.93. The van der Waals surface area contributed by atoms with Gasteiger partial charge in [0.2, 0.25) is 5.95 Å². The third kappa shape index (κ3) is 3.99. The van der Waals surface area contributed by atoms with E-state index in [0.29, 0.717) is 11.4 Å². The summed E-state index contributed by atoms with van der Waals surface area (Å²) in [5, 5.41) is 5.87. The van der Waals surface area contributed by atoms with Crippen LogP contribution in [0.2, 0.25) is 0 Å². The summed E-state index contributed by atoms with van der Waals surface area (Å²) in [6, 6.07) is 7.17. The molecule has 1 heterocycles. The molecule has 0 saturated carbocycles. The average molecular weight is 341 g/mol. The Kier molecular flexibility index (Phi) is 5.02. The number of hydrogen-bond donors (Lipinski definition) is 2. The Morgan fingerprint density at radius 3 is 2.88 bits per heavy atom. The Bertz CT molecular complexity index is 763. The normalized spacial score (nSPS) is 15.9. The predicted octanol–water partition coefficient (Wildman–Crippen LogP) is 2.23. The number of methoxy groups -OCH3 is 1. The zero-order valence-corrected chi connectivity index (χ0v) is 14.7. The molecule has 0 aliphatic heterocycles. The van der Waals surface area contributed by atoms with Gasteiger partial charge in [0.15, 0.2) is 0 Å². The summed E-state index contributed by atoms with van der Waals surface area (Å²) in [7, 11) is 5.44. The maximum atomic E-state index is 12.3. The number of nitrogens with one attached hydrogen (secondary N) is 2. The van der Waals surface area contributed by atoms with Crippen molar-refractivity contribution in [2.45, 2.75) is 25.3 Å². The van der Waals surface area contributed by atoms with Gasteiger partial charge in [0.05, 0.1) is 12.8 Å². The smallest absolute Gasteiger partial charge is 0.319 e. The van der Waals surface area contributed by atoms with Gasteiger partial charge in [-0.25, -0.2) is 14.8 Å². The number of carbonyl (C=O) groups excluding carboxylic acids is 1. The molecule has 1 atom stereocenters. The van der Waals surface area contributed by atoms with Gasteiger partial charge in [0, 0.05) is 32.0 Å². The number of nitrogens with zero attached hydrogens (tertiary/aromatic N) is 3. The number of aryl methyl sites for hydroxylation is 1. The van der Waals surface area contributed by atoms with E-state index in [-0.39, 0.29) is 12.1 Å². The van der Waals surface area contributed by atoms with E-state index in [1.807, 2.05) is 49.5 Å². The number of ether oxygens (including phenoxy) is 1. The van der Waals surface area contributed by atoms with Crippen LogP contribution in [0.15, 0.2) is 30.5 Å². The van der Waals surface area contributed by atoms with E-state index >= 15 is 0 Å². The van der Waals surface area contributed by atoms with Gasteiger partial charge < -0.3 is 20.3 Å². The number of hydrogen-bond acceptors (Lipinski definition) is 5. The predicted molar refractivity (Wildman–Crippen MR) is 97.3 cm³/mol. The lowest BCUT2D eigenvalue weighted by atomic mass is 9.93. The second kappa shape index (κ2) is 7.38. The third-order valence-corrected chi connectivity index (χ3v) is 4.23. The highest BCUT2D eigenvalue weighted by atomic mass is 16.5. The second-order valence-electron chi connectivity index (χ2n) is 6.27. The van der Waals surface area contributed by atoms with Gasteiger partial charge in [0.1, 0.15) is 5.75 Å². The number of aromatic nitrogens is 2. The van der Waals surface area contributed by atoms with Crippen LogP contribution in [0.5, 0.6) is 5.75 Å². The van der Waals surface area contributed by atoms with E-state index in [9.17, 15) is 4.79 Å². The number of anilines is 2. The highest BCUT2D eigenvalue weighted by molar-refractivity contribution is 5.91. The highest BCUT2D eigenvalue weighted by Crippen LogP contribution is 2.24. The highest BCUT2D eigenvalue weighted by Gasteiger charge is 2.22. The van der Waals surface area contributed by atoms with Crippen molar-refractivity contribution >= 4 is 17.7 Å². The minimum atomic E-state index is -0.233. The van der Waals surface area contributed by atoms with Gasteiger partial charge in [-0.15, -0.1) is 0 Å². The summed E-state index contributed by atoms with van der Waals surface area (Å²) in [6.45, 7) is 0. The quantitative estimate of drug-likeness (QED) is 0.891. The molecule has 7 nitrogen and oxygen atoms in total. The molecule has 0 fully saturated rings. The minimum Gasteiger partial charge on any atom is -0.495 e. The summed E-state index contributed by atoms with van der Waals surface area (Å²) < 4.78 is 5.25. The fraction of sp³-hybridized carbons (Fsp3) is 0.389. The van der Waals surface area contributed by atoms with Crippen molar-refractivity contribution in [1.29, 1.82) is 0 Å². The van der Waals surface area contributed by atoms with Crippen LogP contribution in [-0.2, 0) is 12.8 Å². The van der Waals surface area contributed by atoms with Crippen LogP contribution < -0.4 is 20.3 Å². The molecule has 2 aromatic rings. The van der Waals surface area contributed by atoms with Gasteiger partial charge in [-0.2, -0.15) is 0 Å². The Morgan fingerprint density at radius 1 is 1.32 bits per heavy atom. The maximum Gasteiger partial charge on any atom is 0.319 e. The van der Waals surface area contributed by atoms with Crippen LogP contribution >= 0.6 is 0 Å². The summed E-state index contributed by atoms with van der Waals surface area (Å²) in [6.07, 6.45) is 4.29. The van der Waals surface area contributed by atoms with Crippen molar-refractivity contribution in [3.63, 3.8) is 0 Å². The zero-order chi connectivity index (χ0) is 17.8. The standard InChI is InChI=1S/C18H23N5O2/c1-23(2)17-19-11-12-10-13(8-9-14(12)21-17)20-18(24)22-15-6-4-5-7-16(15)25-3/h4-7,11,13H,8-10H2,1-3H3,(H2,20,22,24). The maximum absolute atomic E-state index is 12.3. The lowest BCUT2D eigenvalue weighted by Gasteiger charge is -2.25. The van der Waals surface area contributed by atoms with Crippen molar-refractivity contribution in [3.05, 3.63) is 41.7 Å². The molecule has 2 amide bonds. The van der Waals surface area contributed by atoms with Crippen molar-refractivity contribution in [3.8, 4) is 5.75 Å². The molecule has 1 aromatic heterocycles. The molecule has 1 aliphatic rings. The average Bonchev–Trinajstić information content (AvgIpc) is 2.61. The molecule has 0 spiro atoms. The first kappa shape index (κ1) is 17.0. The number of para-hydroxylation sites is 2. The van der Waals surface area contributed by atoms with Crippen LogP contribution in [-0.4, -0.2) is 43.2 Å². The SMILES string of the molecule is COc1ccccc1NC(=O)NC1CCc2nc(N(C)C)ncc2C1. The molecule has 3 rings (SSSR count). The molecular weight excluding hydrogens is 318 g/mol. The van der Waals surface area contributed by atoms with Gasteiger partial charge in [-0.3, -0.25) is 0 Å². The first-order valence-corrected chi connectivity index (χ1v) is 8.29. The molecule has 1 unspecified atom stereocenters. The minimum absolute atomic E-state index is 0.0658. The number of fused-ring (bicyclic) bond motifs is 1. The molecule has 1 aromatic carbocycles. The Hall–Kier alpha value is -2.83. The summed E-state index contributed by atoms with van der Waals surface area (Å²) in [5.74, 6) is 1.36. The van der Waals surface area contributed by atoms with Crippen LogP contribution in [0.1, 0.15) is 17.7 Å². The Balaban J connectivity index is 1.62. The number of carbonyl (C=O) groups is 1. The molecule has 2 N–H and O–H groups in total. The molecule has 1 aliphatic carbocycles. The van der Waals surface area contributed by atoms with E-state index in [2.05, 4.69) is 20.6 Å². The molecule has 132 valence electrons. The summed E-state index contributed by atoms with van der Waals surface area (Å²) in [5.41, 5.74) is 2.82. The van der Waals surface area contributed by atoms with Crippen LogP contribution in [0.3, 0.4) is 0 Å². The van der Waals surface area contributed by atoms with Crippen LogP contribution in [0.4, 0.5) is 16.4 Å². The topological polar surface area (TPSA) is 79.4 Å². The fourth-order valence-corrected chi connectivity index (χ4v) is 2.93. The van der Waals surface area contributed by atoms with Crippen LogP contribution in [0, 0.1) is 0 Å². The first-order chi connectivity index (χ1) is 12.1. The lowest BCUT2D eigenvalue weighted by Crippen LogP contribution is -2.41. The van der Waals surface area contributed by atoms with E-state index in [0.717, 1.165) is 36.5 Å². The molecular formula is C18H23N5O2. The van der Waals surface area contributed by atoms with Gasteiger partial charge in [-0.1, -0.05) is 12.1 Å². The zero-order valence-electron chi connectivity index (χ0n) is 14.7. The monoisotopic (exact) mass is 341 g/mol. The Morgan fingerprint density at radius 2 is 2.12 bits per heavy atom. The summed E-state index contributed by atoms with van der Waals surface area (Å²) >= 11 is 0. The lowest BCUT2D eigenvalue weighted by molar-refractivity contribution is 0.247. The summed E-state index contributed by atoms with van der Waals surface area (Å²) in [4.78, 5) is 23.1. The largest absolute Gasteiger partial charge is 0.495 e. The van der Waals surface area contributed by atoms with Crippen molar-refractivity contribution in [2.24, 2.45) is 0 Å². The number of urea groups is 1. The van der Waals surface area contributed by atoms with Gasteiger partial charge in [0.25, 0.3) is 0 Å². The first-order valence-electron chi connectivity index (χ1n) is 8.29. The molecule has 0 bridgehead atoms. The van der Waals surface area contributed by atoms with E-state index in [1.165, 1.54) is 0 Å². The number of rotatable bonds is 4. The Labute approximate surface area is 147 Å². The molecule has 0 radical (unpaired) electrons. The number of amides is 2. The van der Waals surface area contributed by atoms with Crippen molar-refractivity contribution in [1.82, 2.24) is 15.3 Å². The van der Waals surface area contributed by atoms with E-state index in [1.54, 1.807) is 7.11 Å². The molecule has 25 heavy (non-hydrogen) atoms. The van der Waals surface area contributed by atoms with Crippen LogP contribution in [0.25, 0.3) is 0 Å². The van der Waals surface area contributed by atoms with E-state index < -0.39 is 0 Å². The van der Waals surface area contributed by atoms with Gasteiger partial charge >= 0.3 is 6.03 Å². The van der Waals surface area contributed by atoms with Crippen molar-refractivity contribution < 1.29 is 9.53 Å². The number of benzene rings is 1. The van der Waals surface area contributed by atoms with Crippen molar-refractivity contribution in [2.75, 3.05) is 31.4 Å². The van der Waals surface area contributed by atoms with E-state index in [4.69, 9.17) is 4.74 Å². The molecule has 7 heteroatoms.